The molecule has 3 rings (SSSR count). The number of hydrogen-bond donors (Lipinski definition) is 3. The van der Waals surface area contributed by atoms with Crippen LogP contribution >= 0.6 is 23.8 Å². The van der Waals surface area contributed by atoms with Crippen molar-refractivity contribution < 1.29 is 9.47 Å². The number of ether oxygens (including phenoxy) is 2. The first-order valence-corrected chi connectivity index (χ1v) is 10.7. The molecule has 0 saturated heterocycles. The molecule has 11 heteroatoms. The number of nitrogens with one attached hydrogen (secondary N) is 3. The third-order valence-electron chi connectivity index (χ3n) is 4.31. The van der Waals surface area contributed by atoms with E-state index in [1.54, 1.807) is 31.6 Å². The van der Waals surface area contributed by atoms with Crippen molar-refractivity contribution in [1.82, 2.24) is 20.3 Å². The fraction of sp³-hybridized carbons (Fsp3) is 0.227. The third-order valence-corrected chi connectivity index (χ3v) is 4.81. The number of pyridine rings is 1. The van der Waals surface area contributed by atoms with E-state index >= 15 is 0 Å². The maximum atomic E-state index is 6.19. The summed E-state index contributed by atoms with van der Waals surface area (Å²) in [6.07, 6.45) is 3.46. The molecule has 0 fully saturated rings. The highest BCUT2D eigenvalue weighted by Crippen LogP contribution is 2.35. The van der Waals surface area contributed by atoms with E-state index in [1.807, 2.05) is 32.0 Å². The number of thiocarbonyl (C=S) groups is 1. The van der Waals surface area contributed by atoms with Gasteiger partial charge in [-0.25, -0.2) is 15.0 Å². The van der Waals surface area contributed by atoms with Crippen LogP contribution in [0.5, 0.6) is 11.5 Å². The zero-order chi connectivity index (χ0) is 23.8. The van der Waals surface area contributed by atoms with Crippen LogP contribution in [0.3, 0.4) is 0 Å². The minimum absolute atomic E-state index is 0.263. The Morgan fingerprint density at radius 2 is 1.79 bits per heavy atom. The van der Waals surface area contributed by atoms with Gasteiger partial charge in [-0.05, 0) is 43.8 Å². The van der Waals surface area contributed by atoms with Crippen molar-refractivity contribution in [2.24, 2.45) is 4.99 Å². The molecule has 172 valence electrons. The highest BCUT2D eigenvalue weighted by molar-refractivity contribution is 7.80. The molecule has 0 aliphatic heterocycles. The van der Waals surface area contributed by atoms with Gasteiger partial charge in [0.25, 0.3) is 0 Å². The van der Waals surface area contributed by atoms with Crippen LogP contribution < -0.4 is 25.4 Å². The molecular formula is C22H24ClN7O2S. The number of nitrogens with zero attached hydrogens (tertiary/aromatic N) is 4. The Morgan fingerprint density at radius 3 is 2.42 bits per heavy atom. The molecular weight excluding hydrogens is 462 g/mol. The summed E-state index contributed by atoms with van der Waals surface area (Å²) in [5.41, 5.74) is 3.17. The van der Waals surface area contributed by atoms with Crippen LogP contribution in [0.25, 0.3) is 0 Å². The summed E-state index contributed by atoms with van der Waals surface area (Å²) >= 11 is 11.7. The molecule has 1 aromatic carbocycles. The lowest BCUT2D eigenvalue weighted by atomic mass is 10.2. The highest BCUT2D eigenvalue weighted by atomic mass is 35.5. The van der Waals surface area contributed by atoms with Gasteiger partial charge in [-0.15, -0.1) is 0 Å². The SMILES string of the molecule is COc1cc(NC(=S)NC(=NCc2cccnc2)Nc2nc(C)cc(C)n2)c(OC)cc1Cl. The molecule has 3 N–H and O–H groups in total. The summed E-state index contributed by atoms with van der Waals surface area (Å²) in [6.45, 7) is 4.16. The maximum Gasteiger partial charge on any atom is 0.229 e. The van der Waals surface area contributed by atoms with Crippen LogP contribution in [0.1, 0.15) is 17.0 Å². The first-order valence-electron chi connectivity index (χ1n) is 9.90. The molecule has 0 spiro atoms. The first-order chi connectivity index (χ1) is 15.9. The van der Waals surface area contributed by atoms with E-state index in [9.17, 15) is 0 Å². The Labute approximate surface area is 202 Å². The van der Waals surface area contributed by atoms with Crippen LogP contribution in [-0.2, 0) is 6.54 Å². The van der Waals surface area contributed by atoms with Crippen LogP contribution in [0.4, 0.5) is 11.6 Å². The van der Waals surface area contributed by atoms with Crippen molar-refractivity contribution in [3.63, 3.8) is 0 Å². The molecule has 0 radical (unpaired) electrons. The van der Waals surface area contributed by atoms with Gasteiger partial charge < -0.3 is 20.1 Å². The van der Waals surface area contributed by atoms with Crippen LogP contribution in [0.2, 0.25) is 5.02 Å². The molecule has 0 bridgehead atoms. The Balaban J connectivity index is 1.82. The minimum Gasteiger partial charge on any atom is -0.495 e. The van der Waals surface area contributed by atoms with Crippen molar-refractivity contribution in [2.45, 2.75) is 20.4 Å². The Hall–Kier alpha value is -3.50. The summed E-state index contributed by atoms with van der Waals surface area (Å²) < 4.78 is 10.7. The molecule has 0 aliphatic carbocycles. The van der Waals surface area contributed by atoms with E-state index in [-0.39, 0.29) is 5.11 Å². The zero-order valence-corrected chi connectivity index (χ0v) is 20.2. The number of halogens is 1. The Morgan fingerprint density at radius 1 is 1.06 bits per heavy atom. The molecule has 0 unspecified atom stereocenters. The Kier molecular flexibility index (Phi) is 8.34. The fourth-order valence-corrected chi connectivity index (χ4v) is 3.32. The van der Waals surface area contributed by atoms with E-state index in [1.165, 1.54) is 7.11 Å². The molecule has 3 aromatic rings. The van der Waals surface area contributed by atoms with Gasteiger partial charge in [0.05, 0.1) is 31.5 Å². The summed E-state index contributed by atoms with van der Waals surface area (Å²) in [4.78, 5) is 17.5. The molecule has 0 aliphatic rings. The summed E-state index contributed by atoms with van der Waals surface area (Å²) in [5, 5.41) is 9.92. The van der Waals surface area contributed by atoms with Gasteiger partial charge in [0.2, 0.25) is 11.9 Å². The molecule has 2 heterocycles. The summed E-state index contributed by atoms with van der Waals surface area (Å²) in [7, 11) is 3.07. The molecule has 0 amide bonds. The lowest BCUT2D eigenvalue weighted by molar-refractivity contribution is 0.405. The normalized spacial score (nSPS) is 11.0. The smallest absolute Gasteiger partial charge is 0.229 e. The molecule has 2 aromatic heterocycles. The zero-order valence-electron chi connectivity index (χ0n) is 18.6. The number of hydrogen-bond acceptors (Lipinski definition) is 7. The predicted octanol–water partition coefficient (Wildman–Crippen LogP) is 4.11. The largest absolute Gasteiger partial charge is 0.495 e. The first kappa shape index (κ1) is 24.1. The fourth-order valence-electron chi connectivity index (χ4n) is 2.88. The number of aliphatic imine (C=N–C) groups is 1. The third kappa shape index (κ3) is 6.99. The lowest BCUT2D eigenvalue weighted by Gasteiger charge is -2.17. The van der Waals surface area contributed by atoms with E-state index in [4.69, 9.17) is 33.3 Å². The Bertz CT molecular complexity index is 1140. The van der Waals surface area contributed by atoms with Crippen LogP contribution in [-0.4, -0.2) is 40.2 Å². The minimum atomic E-state index is 0.263. The van der Waals surface area contributed by atoms with Crippen molar-refractivity contribution in [3.05, 3.63) is 64.7 Å². The monoisotopic (exact) mass is 485 g/mol. The van der Waals surface area contributed by atoms with Gasteiger partial charge in [0, 0.05) is 35.9 Å². The van der Waals surface area contributed by atoms with E-state index in [2.05, 4.69) is 35.9 Å². The van der Waals surface area contributed by atoms with Gasteiger partial charge in [0.1, 0.15) is 11.5 Å². The van der Waals surface area contributed by atoms with Crippen molar-refractivity contribution >= 4 is 46.5 Å². The lowest BCUT2D eigenvalue weighted by Crippen LogP contribution is -2.39. The highest BCUT2D eigenvalue weighted by Gasteiger charge is 2.13. The van der Waals surface area contributed by atoms with E-state index < -0.39 is 0 Å². The van der Waals surface area contributed by atoms with Crippen molar-refractivity contribution in [1.29, 1.82) is 0 Å². The molecule has 9 nitrogen and oxygen atoms in total. The number of rotatable bonds is 6. The number of anilines is 2. The van der Waals surface area contributed by atoms with E-state index in [0.29, 0.717) is 40.7 Å². The van der Waals surface area contributed by atoms with Gasteiger partial charge in [-0.1, -0.05) is 17.7 Å². The topological polar surface area (TPSA) is 106 Å². The van der Waals surface area contributed by atoms with E-state index in [0.717, 1.165) is 17.0 Å². The second kappa shape index (κ2) is 11.4. The quantitative estimate of drug-likeness (QED) is 0.270. The average Bonchev–Trinajstić information content (AvgIpc) is 2.78. The molecule has 0 saturated carbocycles. The van der Waals surface area contributed by atoms with Crippen LogP contribution in [0.15, 0.2) is 47.7 Å². The van der Waals surface area contributed by atoms with Gasteiger partial charge in [-0.3, -0.25) is 10.3 Å². The number of benzene rings is 1. The van der Waals surface area contributed by atoms with Crippen molar-refractivity contribution in [2.75, 3.05) is 24.9 Å². The second-order valence-electron chi connectivity index (χ2n) is 6.89. The van der Waals surface area contributed by atoms with Gasteiger partial charge >= 0.3 is 0 Å². The maximum absolute atomic E-state index is 6.19. The summed E-state index contributed by atoms with van der Waals surface area (Å²) in [5.74, 6) is 1.75. The number of guanidine groups is 1. The number of aromatic nitrogens is 3. The molecule has 0 atom stereocenters. The molecule has 33 heavy (non-hydrogen) atoms. The standard InChI is InChI=1S/C22H24ClN7O2S/c1-13-8-14(2)27-21(26-13)29-20(25-12-15-6-5-7-24-11-15)30-22(33)28-17-10-18(31-3)16(23)9-19(17)32-4/h5-11H,12H2,1-4H3,(H3,25,26,27,28,29,30,33). The summed E-state index contributed by atoms with van der Waals surface area (Å²) in [6, 6.07) is 9.01. The second-order valence-corrected chi connectivity index (χ2v) is 7.71. The van der Waals surface area contributed by atoms with Crippen molar-refractivity contribution in [3.8, 4) is 11.5 Å². The van der Waals surface area contributed by atoms with Gasteiger partial charge in [-0.2, -0.15) is 0 Å². The number of methoxy groups -OCH3 is 2. The predicted molar refractivity (Wildman–Crippen MR) is 134 cm³/mol. The van der Waals surface area contributed by atoms with Crippen LogP contribution in [0, 0.1) is 13.8 Å². The average molecular weight is 486 g/mol. The van der Waals surface area contributed by atoms with Gasteiger partial charge in [0.15, 0.2) is 5.11 Å². The number of aryl methyl sites for hydroxylation is 2.